The largest absolute Gasteiger partial charge is 0.507 e. The van der Waals surface area contributed by atoms with Gasteiger partial charge in [-0.15, -0.1) is 0 Å². The number of amides is 3. The van der Waals surface area contributed by atoms with Crippen LogP contribution in [-0.2, 0) is 4.79 Å². The van der Waals surface area contributed by atoms with E-state index in [0.29, 0.717) is 10.8 Å². The maximum absolute atomic E-state index is 12.4. The molecular formula is C15H12N2O4. The number of aromatic hydroxyl groups is 1. The topological polar surface area (TPSA) is 86.7 Å². The molecule has 0 radical (unpaired) electrons. The minimum atomic E-state index is -0.606. The van der Waals surface area contributed by atoms with Gasteiger partial charge in [-0.05, 0) is 18.2 Å². The van der Waals surface area contributed by atoms with Gasteiger partial charge in [-0.2, -0.15) is 5.01 Å². The Morgan fingerprint density at radius 3 is 2.48 bits per heavy atom. The lowest BCUT2D eigenvalue weighted by molar-refractivity contribution is -0.123. The van der Waals surface area contributed by atoms with Gasteiger partial charge in [0.25, 0.3) is 11.8 Å². The summed E-state index contributed by atoms with van der Waals surface area (Å²) in [6, 6.07) is 7.66. The molecule has 0 aliphatic carbocycles. The summed E-state index contributed by atoms with van der Waals surface area (Å²) >= 11 is 0. The average molecular weight is 284 g/mol. The van der Waals surface area contributed by atoms with E-state index in [4.69, 9.17) is 0 Å². The molecule has 2 aromatic carbocycles. The van der Waals surface area contributed by atoms with Crippen molar-refractivity contribution in [2.75, 3.05) is 0 Å². The van der Waals surface area contributed by atoms with Crippen molar-refractivity contribution >= 4 is 28.5 Å². The van der Waals surface area contributed by atoms with Gasteiger partial charge in [0, 0.05) is 17.2 Å². The van der Waals surface area contributed by atoms with Gasteiger partial charge in [-0.1, -0.05) is 19.1 Å². The minimum Gasteiger partial charge on any atom is -0.507 e. The summed E-state index contributed by atoms with van der Waals surface area (Å²) in [5.41, 5.74) is 2.84. The fraction of sp³-hybridized carbons (Fsp3) is 0.133. The number of nitrogens with one attached hydrogen (secondary N) is 1. The van der Waals surface area contributed by atoms with Crippen molar-refractivity contribution in [2.24, 2.45) is 0 Å². The normalized spacial score (nSPS) is 13.7. The van der Waals surface area contributed by atoms with Gasteiger partial charge in [0.05, 0.1) is 11.1 Å². The Balaban J connectivity index is 2.22. The first-order chi connectivity index (χ1) is 10.0. The van der Waals surface area contributed by atoms with Crippen LogP contribution >= 0.6 is 0 Å². The Bertz CT molecular complexity index is 775. The summed E-state index contributed by atoms with van der Waals surface area (Å²) in [5, 5.41) is 11.4. The van der Waals surface area contributed by atoms with Crippen molar-refractivity contribution in [2.45, 2.75) is 13.3 Å². The van der Waals surface area contributed by atoms with Crippen molar-refractivity contribution in [1.82, 2.24) is 10.4 Å². The molecule has 0 fully saturated rings. The number of carbonyl (C=O) groups is 3. The molecule has 0 bridgehead atoms. The third kappa shape index (κ3) is 1.84. The Labute approximate surface area is 119 Å². The molecule has 0 saturated carbocycles. The number of imide groups is 1. The van der Waals surface area contributed by atoms with Crippen LogP contribution in [0, 0.1) is 0 Å². The van der Waals surface area contributed by atoms with E-state index in [-0.39, 0.29) is 23.3 Å². The first-order valence-electron chi connectivity index (χ1n) is 6.47. The highest BCUT2D eigenvalue weighted by molar-refractivity contribution is 6.26. The van der Waals surface area contributed by atoms with Crippen LogP contribution in [0.2, 0.25) is 0 Å². The second kappa shape index (κ2) is 4.59. The molecule has 0 atom stereocenters. The molecular weight excluding hydrogens is 272 g/mol. The Hall–Kier alpha value is -2.89. The smallest absolute Gasteiger partial charge is 0.280 e. The molecule has 0 aromatic heterocycles. The van der Waals surface area contributed by atoms with E-state index in [2.05, 4.69) is 5.43 Å². The molecule has 21 heavy (non-hydrogen) atoms. The minimum absolute atomic E-state index is 0.00208. The monoisotopic (exact) mass is 284 g/mol. The third-order valence-electron chi connectivity index (χ3n) is 3.44. The Kier molecular flexibility index (Phi) is 2.86. The van der Waals surface area contributed by atoms with Crippen molar-refractivity contribution in [3.05, 3.63) is 41.5 Å². The summed E-state index contributed by atoms with van der Waals surface area (Å²) in [6.07, 6.45) is 0.156. The number of benzene rings is 2. The van der Waals surface area contributed by atoms with Crippen LogP contribution in [0.3, 0.4) is 0 Å². The molecule has 1 aliphatic heterocycles. The van der Waals surface area contributed by atoms with Crippen molar-refractivity contribution < 1.29 is 19.5 Å². The molecule has 0 spiro atoms. The molecule has 3 amide bonds. The number of phenolic OH excluding ortho intramolecular Hbond substituents is 1. The highest BCUT2D eigenvalue weighted by Crippen LogP contribution is 2.34. The van der Waals surface area contributed by atoms with Crippen molar-refractivity contribution in [1.29, 1.82) is 0 Å². The Morgan fingerprint density at radius 2 is 1.81 bits per heavy atom. The number of phenols is 1. The van der Waals surface area contributed by atoms with Gasteiger partial charge >= 0.3 is 0 Å². The SMILES string of the molecule is CCC(=O)NN1C(=O)c2cccc3c(O)ccc(c23)C1=O. The summed E-state index contributed by atoms with van der Waals surface area (Å²) in [6.45, 7) is 1.63. The van der Waals surface area contributed by atoms with Gasteiger partial charge in [0.1, 0.15) is 5.75 Å². The van der Waals surface area contributed by atoms with Crippen LogP contribution in [0.15, 0.2) is 30.3 Å². The zero-order valence-electron chi connectivity index (χ0n) is 11.2. The summed E-state index contributed by atoms with van der Waals surface area (Å²) in [7, 11) is 0. The fourth-order valence-electron chi connectivity index (χ4n) is 2.39. The predicted molar refractivity (Wildman–Crippen MR) is 74.5 cm³/mol. The number of hydrogen-bond acceptors (Lipinski definition) is 4. The fourth-order valence-corrected chi connectivity index (χ4v) is 2.39. The van der Waals surface area contributed by atoms with E-state index in [1.807, 2.05) is 0 Å². The number of rotatable bonds is 2. The Morgan fingerprint density at radius 1 is 1.14 bits per heavy atom. The van der Waals surface area contributed by atoms with E-state index in [1.54, 1.807) is 25.1 Å². The van der Waals surface area contributed by atoms with Gasteiger partial charge in [0.2, 0.25) is 5.91 Å². The highest BCUT2D eigenvalue weighted by Gasteiger charge is 2.34. The van der Waals surface area contributed by atoms with Crippen LogP contribution < -0.4 is 5.43 Å². The molecule has 2 aromatic rings. The molecule has 106 valence electrons. The molecule has 6 nitrogen and oxygen atoms in total. The summed E-state index contributed by atoms with van der Waals surface area (Å²) in [5.74, 6) is -1.63. The van der Waals surface area contributed by atoms with Crippen LogP contribution in [0.5, 0.6) is 5.75 Å². The van der Waals surface area contributed by atoms with Crippen molar-refractivity contribution in [3.63, 3.8) is 0 Å². The summed E-state index contributed by atoms with van der Waals surface area (Å²) in [4.78, 5) is 36.3. The predicted octanol–water partition coefficient (Wildman–Crippen LogP) is 1.58. The standard InChI is InChI=1S/C15H12N2O4/c1-2-12(19)16-17-14(20)9-5-3-4-8-11(18)7-6-10(13(8)9)15(17)21/h3-7,18H,2H2,1H3,(H,16,19). The average Bonchev–Trinajstić information content (AvgIpc) is 2.50. The number of hydrazine groups is 1. The second-order valence-electron chi connectivity index (χ2n) is 4.69. The quantitative estimate of drug-likeness (QED) is 0.820. The highest BCUT2D eigenvalue weighted by atomic mass is 16.3. The maximum Gasteiger partial charge on any atom is 0.280 e. The van der Waals surface area contributed by atoms with Crippen LogP contribution in [0.4, 0.5) is 0 Å². The maximum atomic E-state index is 12.4. The molecule has 1 heterocycles. The van der Waals surface area contributed by atoms with Crippen LogP contribution in [0.1, 0.15) is 34.1 Å². The lowest BCUT2D eigenvalue weighted by Gasteiger charge is -2.27. The van der Waals surface area contributed by atoms with Crippen LogP contribution in [-0.4, -0.2) is 27.8 Å². The van der Waals surface area contributed by atoms with E-state index < -0.39 is 17.7 Å². The molecule has 3 rings (SSSR count). The zero-order chi connectivity index (χ0) is 15.1. The van der Waals surface area contributed by atoms with E-state index in [9.17, 15) is 19.5 Å². The van der Waals surface area contributed by atoms with Crippen LogP contribution in [0.25, 0.3) is 10.8 Å². The number of hydrogen-bond donors (Lipinski definition) is 2. The first-order valence-corrected chi connectivity index (χ1v) is 6.47. The molecule has 1 aliphatic rings. The lowest BCUT2D eigenvalue weighted by atomic mass is 9.94. The number of carbonyl (C=O) groups excluding carboxylic acids is 3. The van der Waals surface area contributed by atoms with Crippen molar-refractivity contribution in [3.8, 4) is 5.75 Å². The zero-order valence-corrected chi connectivity index (χ0v) is 11.2. The van der Waals surface area contributed by atoms with Gasteiger partial charge in [-0.25, -0.2) is 0 Å². The van der Waals surface area contributed by atoms with E-state index in [0.717, 1.165) is 5.01 Å². The lowest BCUT2D eigenvalue weighted by Crippen LogP contribution is -2.51. The number of nitrogens with zero attached hydrogens (tertiary/aromatic N) is 1. The first kappa shape index (κ1) is 13.1. The van der Waals surface area contributed by atoms with E-state index in [1.165, 1.54) is 12.1 Å². The van der Waals surface area contributed by atoms with Gasteiger partial charge in [-0.3, -0.25) is 19.8 Å². The molecule has 2 N–H and O–H groups in total. The molecule has 0 saturated heterocycles. The van der Waals surface area contributed by atoms with Gasteiger partial charge < -0.3 is 5.11 Å². The van der Waals surface area contributed by atoms with E-state index >= 15 is 0 Å². The summed E-state index contributed by atoms with van der Waals surface area (Å²) < 4.78 is 0. The molecule has 0 unspecified atom stereocenters. The van der Waals surface area contributed by atoms with Gasteiger partial charge in [0.15, 0.2) is 0 Å². The third-order valence-corrected chi connectivity index (χ3v) is 3.44. The molecule has 6 heteroatoms. The second-order valence-corrected chi connectivity index (χ2v) is 4.69.